The zero-order valence-electron chi connectivity index (χ0n) is 24.2. The maximum Gasteiger partial charge on any atom is 0.490 e. The Bertz CT molecular complexity index is 1470. The van der Waals surface area contributed by atoms with Crippen LogP contribution in [0.2, 0.25) is 5.02 Å². The molecule has 2 fully saturated rings. The minimum atomic E-state index is -5.08. The van der Waals surface area contributed by atoms with Crippen molar-refractivity contribution in [2.45, 2.75) is 57.2 Å². The number of rotatable bonds is 4. The Labute approximate surface area is 255 Å². The van der Waals surface area contributed by atoms with Crippen molar-refractivity contribution >= 4 is 23.5 Å². The number of carboxylic acid groups (broad SMARTS) is 1. The van der Waals surface area contributed by atoms with Gasteiger partial charge in [-0.05, 0) is 79.9 Å². The SMILES string of the molecule is CC(C)(C)N1C[C@@H](C(=O)N2CCC(c3nnnn3-c3ccc(Cl)cc3)CC2)[C@H](c2ccc(F)cc2F)C1.O=C(O)C(F)(F)F. The number of carbonyl (C=O) groups is 2. The summed E-state index contributed by atoms with van der Waals surface area (Å²) >= 11 is 6.02. The topological polar surface area (TPSA) is 104 Å². The molecule has 2 aliphatic heterocycles. The van der Waals surface area contributed by atoms with Gasteiger partial charge in [0.15, 0.2) is 5.82 Å². The standard InChI is InChI=1S/C27H31ClF2N6O.C2HF3O2/c1-27(2,3)35-15-22(21-9-6-19(29)14-24(21)30)23(16-35)26(37)34-12-10-17(11-13-34)25-31-32-33-36(25)20-7-4-18(28)5-8-20;3-2(4,5)1(6)7/h4-9,14,17,22-23H,10-13,15-16H2,1-3H3;(H,6,7)/t22-,23+;/m0./s1. The number of hydrogen-bond donors (Lipinski definition) is 1. The first-order valence-corrected chi connectivity index (χ1v) is 14.3. The van der Waals surface area contributed by atoms with Gasteiger partial charge < -0.3 is 10.0 Å². The van der Waals surface area contributed by atoms with Gasteiger partial charge in [0.05, 0.1) is 11.6 Å². The highest BCUT2D eigenvalue weighted by molar-refractivity contribution is 6.30. The number of alkyl halides is 3. The molecule has 15 heteroatoms. The van der Waals surface area contributed by atoms with Crippen LogP contribution in [0.5, 0.6) is 0 Å². The average molecular weight is 643 g/mol. The van der Waals surface area contributed by atoms with E-state index in [1.165, 1.54) is 12.1 Å². The minimum Gasteiger partial charge on any atom is -0.475 e. The lowest BCUT2D eigenvalue weighted by atomic mass is 9.86. The van der Waals surface area contributed by atoms with E-state index in [1.807, 2.05) is 17.0 Å². The van der Waals surface area contributed by atoms with Gasteiger partial charge in [-0.3, -0.25) is 9.69 Å². The quantitative estimate of drug-likeness (QED) is 0.378. The summed E-state index contributed by atoms with van der Waals surface area (Å²) < 4.78 is 61.9. The summed E-state index contributed by atoms with van der Waals surface area (Å²) in [6.45, 7) is 8.51. The Morgan fingerprint density at radius 1 is 0.977 bits per heavy atom. The fourth-order valence-electron chi connectivity index (χ4n) is 5.53. The number of likely N-dealkylation sites (tertiary alicyclic amines) is 2. The molecule has 3 heterocycles. The maximum absolute atomic E-state index is 14.8. The molecule has 44 heavy (non-hydrogen) atoms. The molecule has 0 saturated carbocycles. The lowest BCUT2D eigenvalue weighted by Gasteiger charge is -2.34. The summed E-state index contributed by atoms with van der Waals surface area (Å²) in [6.07, 6.45) is -3.63. The lowest BCUT2D eigenvalue weighted by Crippen LogP contribution is -2.44. The van der Waals surface area contributed by atoms with Gasteiger partial charge in [-0.15, -0.1) is 5.10 Å². The summed E-state index contributed by atoms with van der Waals surface area (Å²) in [5.41, 5.74) is 1.07. The van der Waals surface area contributed by atoms with Crippen molar-refractivity contribution in [1.82, 2.24) is 30.0 Å². The van der Waals surface area contributed by atoms with Crippen LogP contribution < -0.4 is 0 Å². The second-order valence-electron chi connectivity index (χ2n) is 11.8. The van der Waals surface area contributed by atoms with Gasteiger partial charge in [0.2, 0.25) is 5.91 Å². The Balaban J connectivity index is 0.000000566. The second kappa shape index (κ2) is 13.1. The number of hydrogen-bond acceptors (Lipinski definition) is 6. The van der Waals surface area contributed by atoms with Gasteiger partial charge in [-0.25, -0.2) is 13.6 Å². The monoisotopic (exact) mass is 642 g/mol. The van der Waals surface area contributed by atoms with Gasteiger partial charge in [0.25, 0.3) is 0 Å². The van der Waals surface area contributed by atoms with E-state index in [4.69, 9.17) is 21.5 Å². The van der Waals surface area contributed by atoms with Crippen molar-refractivity contribution < 1.29 is 36.6 Å². The fraction of sp³-hybridized carbons (Fsp3) is 0.483. The molecule has 0 radical (unpaired) electrons. The molecule has 0 unspecified atom stereocenters. The molecule has 2 saturated heterocycles. The number of tetrazole rings is 1. The third-order valence-electron chi connectivity index (χ3n) is 7.93. The summed E-state index contributed by atoms with van der Waals surface area (Å²) in [6, 6.07) is 11.0. The molecule has 0 aliphatic carbocycles. The summed E-state index contributed by atoms with van der Waals surface area (Å²) in [7, 11) is 0. The van der Waals surface area contributed by atoms with E-state index in [-0.39, 0.29) is 23.3 Å². The van der Waals surface area contributed by atoms with Gasteiger partial charge in [0, 0.05) is 54.6 Å². The first kappa shape index (κ1) is 33.2. The normalized spacial score (nSPS) is 19.9. The molecule has 2 aromatic carbocycles. The number of amides is 1. The Morgan fingerprint density at radius 3 is 2.14 bits per heavy atom. The van der Waals surface area contributed by atoms with Crippen LogP contribution in [-0.4, -0.2) is 84.9 Å². The molecular formula is C29H32ClF5N6O3. The zero-order valence-corrected chi connectivity index (χ0v) is 25.0. The molecule has 2 aliphatic rings. The van der Waals surface area contributed by atoms with E-state index in [0.29, 0.717) is 36.8 Å². The predicted molar refractivity (Wildman–Crippen MR) is 150 cm³/mol. The van der Waals surface area contributed by atoms with Gasteiger partial charge in [-0.1, -0.05) is 17.7 Å². The number of piperidine rings is 1. The van der Waals surface area contributed by atoms with E-state index in [2.05, 4.69) is 41.2 Å². The third kappa shape index (κ3) is 7.70. The molecule has 3 aromatic rings. The first-order valence-electron chi connectivity index (χ1n) is 13.9. The van der Waals surface area contributed by atoms with Gasteiger partial charge in [0.1, 0.15) is 11.6 Å². The highest BCUT2D eigenvalue weighted by Crippen LogP contribution is 2.39. The molecule has 0 spiro atoms. The molecule has 9 nitrogen and oxygen atoms in total. The number of halogens is 6. The van der Waals surface area contributed by atoms with Crippen LogP contribution in [0.15, 0.2) is 42.5 Å². The molecule has 1 aromatic heterocycles. The van der Waals surface area contributed by atoms with Crippen LogP contribution in [-0.2, 0) is 9.59 Å². The maximum atomic E-state index is 14.8. The van der Waals surface area contributed by atoms with Crippen molar-refractivity contribution in [1.29, 1.82) is 0 Å². The molecule has 238 valence electrons. The van der Waals surface area contributed by atoms with Crippen LogP contribution in [0.1, 0.15) is 56.8 Å². The Kier molecular flexibility index (Phi) is 9.93. The van der Waals surface area contributed by atoms with Crippen molar-refractivity contribution in [3.8, 4) is 5.69 Å². The number of carboxylic acids is 1. The number of aromatic nitrogens is 4. The van der Waals surface area contributed by atoms with Gasteiger partial charge >= 0.3 is 12.1 Å². The van der Waals surface area contributed by atoms with Crippen LogP contribution in [0.4, 0.5) is 22.0 Å². The Morgan fingerprint density at radius 2 is 1.59 bits per heavy atom. The number of benzene rings is 2. The number of aliphatic carboxylic acids is 1. The van der Waals surface area contributed by atoms with Crippen molar-refractivity contribution in [2.75, 3.05) is 26.2 Å². The van der Waals surface area contributed by atoms with Crippen LogP contribution in [0.25, 0.3) is 5.69 Å². The van der Waals surface area contributed by atoms with Crippen LogP contribution in [0.3, 0.4) is 0 Å². The van der Waals surface area contributed by atoms with Crippen molar-refractivity contribution in [3.05, 3.63) is 70.5 Å². The van der Waals surface area contributed by atoms with E-state index < -0.39 is 29.7 Å². The van der Waals surface area contributed by atoms with Gasteiger partial charge in [-0.2, -0.15) is 17.9 Å². The van der Waals surface area contributed by atoms with E-state index >= 15 is 0 Å². The van der Waals surface area contributed by atoms with Crippen LogP contribution in [0, 0.1) is 17.6 Å². The summed E-state index contributed by atoms with van der Waals surface area (Å²) in [5.74, 6) is -3.79. The number of carbonyl (C=O) groups excluding carboxylic acids is 1. The third-order valence-corrected chi connectivity index (χ3v) is 8.18. The van der Waals surface area contributed by atoms with E-state index in [0.717, 1.165) is 30.4 Å². The fourth-order valence-corrected chi connectivity index (χ4v) is 5.65. The van der Waals surface area contributed by atoms with Crippen LogP contribution >= 0.6 is 11.6 Å². The summed E-state index contributed by atoms with van der Waals surface area (Å²) in [4.78, 5) is 26.8. The molecule has 1 N–H and O–H groups in total. The molecule has 2 atom stereocenters. The highest BCUT2D eigenvalue weighted by Gasteiger charge is 2.45. The van der Waals surface area contributed by atoms with E-state index in [9.17, 15) is 26.7 Å². The molecule has 0 bridgehead atoms. The van der Waals surface area contributed by atoms with Crippen molar-refractivity contribution in [3.63, 3.8) is 0 Å². The largest absolute Gasteiger partial charge is 0.490 e. The predicted octanol–water partition coefficient (Wildman–Crippen LogP) is 5.45. The second-order valence-corrected chi connectivity index (χ2v) is 12.2. The zero-order chi connectivity index (χ0) is 32.4. The van der Waals surface area contributed by atoms with Crippen molar-refractivity contribution in [2.24, 2.45) is 5.92 Å². The Hall–Kier alpha value is -3.65. The summed E-state index contributed by atoms with van der Waals surface area (Å²) in [5, 5.41) is 20.1. The highest BCUT2D eigenvalue weighted by atomic mass is 35.5. The smallest absolute Gasteiger partial charge is 0.475 e. The van der Waals surface area contributed by atoms with E-state index in [1.54, 1.807) is 16.8 Å². The molecule has 1 amide bonds. The molecular weight excluding hydrogens is 611 g/mol. The number of nitrogens with zero attached hydrogens (tertiary/aromatic N) is 6. The average Bonchev–Trinajstić information content (AvgIpc) is 3.61. The molecule has 5 rings (SSSR count). The first-order chi connectivity index (χ1) is 20.6. The lowest BCUT2D eigenvalue weighted by molar-refractivity contribution is -0.192. The minimum absolute atomic E-state index is 0.0243.